The molecular weight excluding hydrogens is 474 g/mol. The minimum Gasteiger partial charge on any atom is -0.352 e. The largest absolute Gasteiger partial charge is 0.352 e. The lowest BCUT2D eigenvalue weighted by atomic mass is 10.0. The number of amides is 2. The number of sulfonamides is 1. The van der Waals surface area contributed by atoms with Crippen LogP contribution >= 0.6 is 0 Å². The van der Waals surface area contributed by atoms with E-state index in [1.807, 2.05) is 57.2 Å². The van der Waals surface area contributed by atoms with Gasteiger partial charge in [0.25, 0.3) is 0 Å². The Morgan fingerprint density at radius 2 is 1.69 bits per heavy atom. The molecule has 0 aromatic heterocycles. The molecule has 0 spiro atoms. The van der Waals surface area contributed by atoms with E-state index in [1.54, 1.807) is 19.1 Å². The van der Waals surface area contributed by atoms with Gasteiger partial charge in [-0.3, -0.25) is 13.9 Å². The molecular formula is C28H39N3O4S. The Morgan fingerprint density at radius 3 is 2.31 bits per heavy atom. The third-order valence-electron chi connectivity index (χ3n) is 6.81. The van der Waals surface area contributed by atoms with Crippen molar-refractivity contribution in [2.24, 2.45) is 0 Å². The Bertz CT molecular complexity index is 1170. The molecule has 3 rings (SSSR count). The molecule has 2 aromatic carbocycles. The summed E-state index contributed by atoms with van der Waals surface area (Å²) in [5.74, 6) is -0.564. The topological polar surface area (TPSA) is 86.8 Å². The number of nitrogens with one attached hydrogen (secondary N) is 1. The Kier molecular flexibility index (Phi) is 9.17. The Labute approximate surface area is 215 Å². The van der Waals surface area contributed by atoms with Gasteiger partial charge in [0.05, 0.1) is 11.9 Å². The maximum atomic E-state index is 13.8. The highest BCUT2D eigenvalue weighted by molar-refractivity contribution is 7.92. The van der Waals surface area contributed by atoms with E-state index in [1.165, 1.54) is 4.90 Å². The maximum absolute atomic E-state index is 13.8. The zero-order chi connectivity index (χ0) is 26.5. The summed E-state index contributed by atoms with van der Waals surface area (Å²) in [5, 5.41) is 3.09. The van der Waals surface area contributed by atoms with Crippen molar-refractivity contribution >= 4 is 27.5 Å². The van der Waals surface area contributed by atoms with Gasteiger partial charge in [0.2, 0.25) is 21.8 Å². The normalized spacial score (nSPS) is 15.1. The first kappa shape index (κ1) is 27.7. The summed E-state index contributed by atoms with van der Waals surface area (Å²) in [6, 6.07) is 14.4. The summed E-state index contributed by atoms with van der Waals surface area (Å²) in [7, 11) is -3.76. The van der Waals surface area contributed by atoms with Gasteiger partial charge in [-0.2, -0.15) is 0 Å². The molecule has 1 aliphatic carbocycles. The lowest BCUT2D eigenvalue weighted by Crippen LogP contribution is -2.52. The van der Waals surface area contributed by atoms with Crippen molar-refractivity contribution in [3.8, 4) is 0 Å². The van der Waals surface area contributed by atoms with Crippen LogP contribution in [0.25, 0.3) is 0 Å². The molecule has 0 unspecified atom stereocenters. The molecule has 0 saturated heterocycles. The average molecular weight is 514 g/mol. The molecule has 8 heteroatoms. The number of nitrogens with zero attached hydrogens (tertiary/aromatic N) is 2. The second kappa shape index (κ2) is 11.9. The molecule has 36 heavy (non-hydrogen) atoms. The summed E-state index contributed by atoms with van der Waals surface area (Å²) < 4.78 is 26.9. The average Bonchev–Trinajstić information content (AvgIpc) is 3.32. The first-order chi connectivity index (χ1) is 17.0. The van der Waals surface area contributed by atoms with Gasteiger partial charge in [0.1, 0.15) is 12.6 Å². The Morgan fingerprint density at radius 1 is 1.03 bits per heavy atom. The van der Waals surface area contributed by atoms with Crippen molar-refractivity contribution in [3.05, 3.63) is 65.2 Å². The fourth-order valence-corrected chi connectivity index (χ4v) is 5.65. The van der Waals surface area contributed by atoms with Crippen molar-refractivity contribution in [2.45, 2.75) is 77.9 Å². The molecule has 2 aromatic rings. The predicted molar refractivity (Wildman–Crippen MR) is 144 cm³/mol. The molecule has 1 saturated carbocycles. The minimum atomic E-state index is -3.76. The van der Waals surface area contributed by atoms with Crippen molar-refractivity contribution in [1.29, 1.82) is 0 Å². The number of para-hydroxylation sites is 1. The van der Waals surface area contributed by atoms with Gasteiger partial charge in [0.15, 0.2) is 0 Å². The van der Waals surface area contributed by atoms with Crippen LogP contribution in [-0.4, -0.2) is 50.0 Å². The lowest BCUT2D eigenvalue weighted by Gasteiger charge is -2.33. The van der Waals surface area contributed by atoms with Crippen LogP contribution in [0, 0.1) is 6.92 Å². The highest BCUT2D eigenvalue weighted by Gasteiger charge is 2.32. The lowest BCUT2D eigenvalue weighted by molar-refractivity contribution is -0.139. The van der Waals surface area contributed by atoms with Crippen LogP contribution in [0.4, 0.5) is 5.69 Å². The van der Waals surface area contributed by atoms with E-state index >= 15 is 0 Å². The van der Waals surface area contributed by atoms with Crippen molar-refractivity contribution < 1.29 is 18.0 Å². The first-order valence-electron chi connectivity index (χ1n) is 12.7. The van der Waals surface area contributed by atoms with E-state index in [0.717, 1.165) is 52.9 Å². The van der Waals surface area contributed by atoms with Gasteiger partial charge in [-0.1, -0.05) is 74.7 Å². The number of aryl methyl sites for hydroxylation is 1. The van der Waals surface area contributed by atoms with E-state index in [-0.39, 0.29) is 31.0 Å². The van der Waals surface area contributed by atoms with Gasteiger partial charge in [-0.05, 0) is 49.8 Å². The van der Waals surface area contributed by atoms with E-state index < -0.39 is 22.0 Å². The molecule has 0 aliphatic heterocycles. The summed E-state index contributed by atoms with van der Waals surface area (Å²) in [4.78, 5) is 28.4. The second-order valence-electron chi connectivity index (χ2n) is 10.2. The molecule has 1 fully saturated rings. The number of carbonyl (C=O) groups excluding carboxylic acids is 2. The molecule has 7 nitrogen and oxygen atoms in total. The summed E-state index contributed by atoms with van der Waals surface area (Å²) in [5.41, 5.74) is 3.26. The summed E-state index contributed by atoms with van der Waals surface area (Å²) in [6.45, 7) is 7.49. The Balaban J connectivity index is 1.93. The van der Waals surface area contributed by atoms with Crippen molar-refractivity contribution in [2.75, 3.05) is 17.1 Å². The van der Waals surface area contributed by atoms with Crippen molar-refractivity contribution in [3.63, 3.8) is 0 Å². The van der Waals surface area contributed by atoms with E-state index in [0.29, 0.717) is 5.69 Å². The molecule has 1 N–H and O–H groups in total. The molecule has 0 bridgehead atoms. The van der Waals surface area contributed by atoms with Gasteiger partial charge in [0, 0.05) is 12.6 Å². The number of anilines is 1. The third kappa shape index (κ3) is 7.09. The fraction of sp³-hybridized carbons (Fsp3) is 0.500. The number of hydrogen-bond acceptors (Lipinski definition) is 4. The minimum absolute atomic E-state index is 0.0695. The molecule has 2 amide bonds. The van der Waals surface area contributed by atoms with Gasteiger partial charge in [-0.25, -0.2) is 8.42 Å². The Hall–Kier alpha value is -2.87. The van der Waals surface area contributed by atoms with Crippen LogP contribution < -0.4 is 9.62 Å². The first-order valence-corrected chi connectivity index (χ1v) is 14.5. The smallest absolute Gasteiger partial charge is 0.244 e. The predicted octanol–water partition coefficient (Wildman–Crippen LogP) is 4.36. The molecule has 1 aliphatic rings. The highest BCUT2D eigenvalue weighted by atomic mass is 32.2. The van der Waals surface area contributed by atoms with Crippen LogP contribution in [0.1, 0.15) is 69.1 Å². The van der Waals surface area contributed by atoms with Crippen LogP contribution in [-0.2, 0) is 26.2 Å². The van der Waals surface area contributed by atoms with E-state index in [4.69, 9.17) is 0 Å². The highest BCUT2D eigenvalue weighted by Crippen LogP contribution is 2.29. The van der Waals surface area contributed by atoms with Crippen LogP contribution in [0.3, 0.4) is 0 Å². The van der Waals surface area contributed by atoms with E-state index in [2.05, 4.69) is 5.32 Å². The molecule has 0 radical (unpaired) electrons. The second-order valence-corrected chi connectivity index (χ2v) is 12.1. The van der Waals surface area contributed by atoms with Gasteiger partial charge in [-0.15, -0.1) is 0 Å². The fourth-order valence-electron chi connectivity index (χ4n) is 4.78. The molecule has 1 atom stereocenters. The molecule has 0 heterocycles. The van der Waals surface area contributed by atoms with Crippen molar-refractivity contribution in [1.82, 2.24) is 10.2 Å². The number of rotatable bonds is 10. The van der Waals surface area contributed by atoms with Crippen LogP contribution in [0.15, 0.2) is 48.5 Å². The van der Waals surface area contributed by atoms with E-state index in [9.17, 15) is 18.0 Å². The van der Waals surface area contributed by atoms with Crippen LogP contribution in [0.5, 0.6) is 0 Å². The monoisotopic (exact) mass is 513 g/mol. The maximum Gasteiger partial charge on any atom is 0.244 e. The summed E-state index contributed by atoms with van der Waals surface area (Å²) >= 11 is 0. The number of carbonyl (C=O) groups is 2. The van der Waals surface area contributed by atoms with Gasteiger partial charge < -0.3 is 10.2 Å². The molecule has 196 valence electrons. The standard InChI is InChI=1S/C28H39N3O4S/c1-20(2)25-15-8-9-16-26(25)31(36(5,34)35)19-27(32)30(18-23-12-10-11-21(3)17-23)22(4)28(33)29-24-13-6-7-14-24/h8-12,15-17,20,22,24H,6-7,13-14,18-19H2,1-5H3,(H,29,33)/t22-/m1/s1. The SMILES string of the molecule is Cc1cccc(CN(C(=O)CN(c2ccccc2C(C)C)S(C)(=O)=O)[C@H](C)C(=O)NC2CCCC2)c1. The summed E-state index contributed by atoms with van der Waals surface area (Å²) in [6.07, 6.45) is 5.17. The zero-order valence-electron chi connectivity index (χ0n) is 22.0. The number of hydrogen-bond donors (Lipinski definition) is 1. The van der Waals surface area contributed by atoms with Crippen LogP contribution in [0.2, 0.25) is 0 Å². The third-order valence-corrected chi connectivity index (χ3v) is 7.94. The number of benzene rings is 2. The quantitative estimate of drug-likeness (QED) is 0.511. The zero-order valence-corrected chi connectivity index (χ0v) is 22.8. The van der Waals surface area contributed by atoms with Gasteiger partial charge >= 0.3 is 0 Å².